The van der Waals surface area contributed by atoms with Crippen molar-refractivity contribution >= 4 is 29.2 Å². The zero-order valence-electron chi connectivity index (χ0n) is 15.5. The number of carbonyl (C=O) groups is 3. The highest BCUT2D eigenvalue weighted by Gasteiger charge is 2.13. The number of carboxylic acids is 1. The number of carbonyl (C=O) groups excluding carboxylic acids is 2. The topological polar surface area (TPSA) is 95.5 Å². The quantitative estimate of drug-likeness (QED) is 0.659. The number of hydrogen-bond donors (Lipinski definition) is 3. The lowest BCUT2D eigenvalue weighted by Gasteiger charge is -2.15. The van der Waals surface area contributed by atoms with Gasteiger partial charge in [-0.3, -0.25) is 14.4 Å². The van der Waals surface area contributed by atoms with Crippen molar-refractivity contribution in [1.29, 1.82) is 0 Å². The van der Waals surface area contributed by atoms with Crippen molar-refractivity contribution in [3.8, 4) is 0 Å². The largest absolute Gasteiger partial charge is 0.481 e. The molecule has 0 unspecified atom stereocenters. The van der Waals surface area contributed by atoms with Crippen molar-refractivity contribution in [3.05, 3.63) is 59.2 Å². The third-order valence-electron chi connectivity index (χ3n) is 4.21. The Balaban J connectivity index is 2.14. The van der Waals surface area contributed by atoms with Crippen LogP contribution in [-0.2, 0) is 22.4 Å². The first-order chi connectivity index (χ1) is 12.9. The fourth-order valence-corrected chi connectivity index (χ4v) is 2.77. The van der Waals surface area contributed by atoms with Gasteiger partial charge in [-0.1, -0.05) is 38.1 Å². The predicted molar refractivity (Wildman–Crippen MR) is 105 cm³/mol. The summed E-state index contributed by atoms with van der Waals surface area (Å²) in [5, 5.41) is 14.2. The molecular weight excluding hydrogens is 344 g/mol. The molecule has 0 aromatic heterocycles. The van der Waals surface area contributed by atoms with Gasteiger partial charge in [0, 0.05) is 23.4 Å². The molecule has 6 nitrogen and oxygen atoms in total. The van der Waals surface area contributed by atoms with E-state index in [4.69, 9.17) is 5.11 Å². The van der Waals surface area contributed by atoms with E-state index < -0.39 is 11.9 Å². The smallest absolute Gasteiger partial charge is 0.303 e. The van der Waals surface area contributed by atoms with Crippen molar-refractivity contribution in [2.75, 3.05) is 10.6 Å². The number of aryl methyl sites for hydroxylation is 2. The molecule has 27 heavy (non-hydrogen) atoms. The molecule has 0 aliphatic heterocycles. The second-order valence-corrected chi connectivity index (χ2v) is 6.14. The van der Waals surface area contributed by atoms with Crippen LogP contribution in [-0.4, -0.2) is 22.9 Å². The Morgan fingerprint density at radius 1 is 0.889 bits per heavy atom. The van der Waals surface area contributed by atoms with Gasteiger partial charge in [0.25, 0.3) is 5.91 Å². The minimum Gasteiger partial charge on any atom is -0.481 e. The average molecular weight is 368 g/mol. The molecule has 2 amide bonds. The molecule has 0 atom stereocenters. The number of benzene rings is 2. The van der Waals surface area contributed by atoms with Crippen molar-refractivity contribution in [2.24, 2.45) is 0 Å². The van der Waals surface area contributed by atoms with Gasteiger partial charge >= 0.3 is 5.97 Å². The highest BCUT2D eigenvalue weighted by atomic mass is 16.4. The van der Waals surface area contributed by atoms with E-state index in [2.05, 4.69) is 10.6 Å². The van der Waals surface area contributed by atoms with Crippen LogP contribution < -0.4 is 10.6 Å². The Kier molecular flexibility index (Phi) is 7.11. The highest BCUT2D eigenvalue weighted by molar-refractivity contribution is 6.06. The van der Waals surface area contributed by atoms with Gasteiger partial charge in [-0.2, -0.15) is 0 Å². The first kappa shape index (κ1) is 20.2. The molecule has 2 rings (SSSR count). The van der Waals surface area contributed by atoms with Crippen LogP contribution in [0.5, 0.6) is 0 Å². The molecule has 0 saturated carbocycles. The molecule has 0 heterocycles. The summed E-state index contributed by atoms with van der Waals surface area (Å²) >= 11 is 0. The van der Waals surface area contributed by atoms with Crippen LogP contribution in [0.15, 0.2) is 42.5 Å². The van der Waals surface area contributed by atoms with Crippen LogP contribution in [0.25, 0.3) is 0 Å². The van der Waals surface area contributed by atoms with Crippen molar-refractivity contribution < 1.29 is 19.5 Å². The molecule has 0 saturated heterocycles. The molecule has 0 fully saturated rings. The van der Waals surface area contributed by atoms with Crippen molar-refractivity contribution in [3.63, 3.8) is 0 Å². The van der Waals surface area contributed by atoms with E-state index in [9.17, 15) is 14.4 Å². The SMILES string of the molecule is CCc1cccc(CC)c1NC(=O)c1cccc(NC(=O)CCC(=O)O)c1. The number of nitrogens with one attached hydrogen (secondary N) is 2. The summed E-state index contributed by atoms with van der Waals surface area (Å²) in [6.45, 7) is 4.08. The van der Waals surface area contributed by atoms with E-state index >= 15 is 0 Å². The number of aliphatic carboxylic acids is 1. The Morgan fingerprint density at radius 2 is 1.52 bits per heavy atom. The third kappa shape index (κ3) is 5.67. The third-order valence-corrected chi connectivity index (χ3v) is 4.21. The minimum absolute atomic E-state index is 0.116. The lowest BCUT2D eigenvalue weighted by molar-refractivity contribution is -0.138. The molecule has 0 spiro atoms. The standard InChI is InChI=1S/C21H24N2O4/c1-3-14-7-5-8-15(4-2)20(14)23-21(27)16-9-6-10-17(13-16)22-18(24)11-12-19(25)26/h5-10,13H,3-4,11-12H2,1-2H3,(H,22,24)(H,23,27)(H,25,26). The molecular formula is C21H24N2O4. The van der Waals surface area contributed by atoms with Crippen LogP contribution in [0.4, 0.5) is 11.4 Å². The summed E-state index contributed by atoms with van der Waals surface area (Å²) < 4.78 is 0. The minimum atomic E-state index is -1.03. The van der Waals surface area contributed by atoms with Crippen molar-refractivity contribution in [2.45, 2.75) is 39.5 Å². The van der Waals surface area contributed by atoms with E-state index in [0.717, 1.165) is 29.7 Å². The molecule has 2 aromatic rings. The Labute approximate surface area is 158 Å². The zero-order valence-corrected chi connectivity index (χ0v) is 15.5. The monoisotopic (exact) mass is 368 g/mol. The number of rotatable bonds is 8. The summed E-state index contributed by atoms with van der Waals surface area (Å²) in [6, 6.07) is 12.6. The van der Waals surface area contributed by atoms with E-state index in [1.165, 1.54) is 0 Å². The first-order valence-electron chi connectivity index (χ1n) is 8.98. The Bertz CT molecular complexity index is 824. The van der Waals surface area contributed by atoms with Crippen LogP contribution in [0.2, 0.25) is 0 Å². The van der Waals surface area contributed by atoms with Gasteiger partial charge in [-0.05, 0) is 42.2 Å². The molecule has 2 aromatic carbocycles. The maximum atomic E-state index is 12.7. The zero-order chi connectivity index (χ0) is 19.8. The maximum Gasteiger partial charge on any atom is 0.303 e. The van der Waals surface area contributed by atoms with E-state index in [-0.39, 0.29) is 18.7 Å². The lowest BCUT2D eigenvalue weighted by Crippen LogP contribution is -2.16. The highest BCUT2D eigenvalue weighted by Crippen LogP contribution is 2.23. The average Bonchev–Trinajstić information content (AvgIpc) is 2.66. The number of carboxylic acid groups (broad SMARTS) is 1. The number of para-hydroxylation sites is 1. The number of anilines is 2. The second-order valence-electron chi connectivity index (χ2n) is 6.14. The van der Waals surface area contributed by atoms with E-state index in [1.54, 1.807) is 24.3 Å². The maximum absolute atomic E-state index is 12.7. The first-order valence-corrected chi connectivity index (χ1v) is 8.98. The second kappa shape index (κ2) is 9.52. The van der Waals surface area contributed by atoms with E-state index in [0.29, 0.717) is 11.3 Å². The van der Waals surface area contributed by atoms with Gasteiger partial charge < -0.3 is 15.7 Å². The number of hydrogen-bond acceptors (Lipinski definition) is 3. The molecule has 0 aliphatic rings. The summed E-state index contributed by atoms with van der Waals surface area (Å²) in [6.07, 6.45) is 1.27. The van der Waals surface area contributed by atoms with Gasteiger partial charge in [0.1, 0.15) is 0 Å². The van der Waals surface area contributed by atoms with Gasteiger partial charge in [0.15, 0.2) is 0 Å². The Hall–Kier alpha value is -3.15. The lowest BCUT2D eigenvalue weighted by atomic mass is 10.0. The van der Waals surface area contributed by atoms with Crippen LogP contribution in [0.1, 0.15) is 48.2 Å². The van der Waals surface area contributed by atoms with Crippen LogP contribution >= 0.6 is 0 Å². The van der Waals surface area contributed by atoms with Gasteiger partial charge in [-0.15, -0.1) is 0 Å². The Morgan fingerprint density at radius 3 is 2.11 bits per heavy atom. The molecule has 0 radical (unpaired) electrons. The summed E-state index contributed by atoms with van der Waals surface area (Å²) in [7, 11) is 0. The van der Waals surface area contributed by atoms with Crippen LogP contribution in [0.3, 0.4) is 0 Å². The fraction of sp³-hybridized carbons (Fsp3) is 0.286. The van der Waals surface area contributed by atoms with Gasteiger partial charge in [0.05, 0.1) is 6.42 Å². The molecule has 0 aliphatic carbocycles. The molecule has 3 N–H and O–H groups in total. The summed E-state index contributed by atoms with van der Waals surface area (Å²) in [5.41, 5.74) is 3.85. The normalized spacial score (nSPS) is 10.3. The van der Waals surface area contributed by atoms with Crippen LogP contribution in [0, 0.1) is 0 Å². The summed E-state index contributed by atoms with van der Waals surface area (Å²) in [5.74, 6) is -1.69. The van der Waals surface area contributed by atoms with E-state index in [1.807, 2.05) is 32.0 Å². The van der Waals surface area contributed by atoms with Gasteiger partial charge in [-0.25, -0.2) is 0 Å². The summed E-state index contributed by atoms with van der Waals surface area (Å²) in [4.78, 5) is 35.0. The number of amides is 2. The molecule has 142 valence electrons. The van der Waals surface area contributed by atoms with Gasteiger partial charge in [0.2, 0.25) is 5.91 Å². The molecule has 0 bridgehead atoms. The predicted octanol–water partition coefficient (Wildman–Crippen LogP) is 3.87. The van der Waals surface area contributed by atoms with Crippen molar-refractivity contribution in [1.82, 2.24) is 0 Å². The fourth-order valence-electron chi connectivity index (χ4n) is 2.77. The molecule has 6 heteroatoms.